The number of nitrogens with zero attached hydrogens (tertiary/aromatic N) is 2. The van der Waals surface area contributed by atoms with Crippen LogP contribution in [0.2, 0.25) is 0 Å². The summed E-state index contributed by atoms with van der Waals surface area (Å²) >= 11 is 0. The van der Waals surface area contributed by atoms with Crippen LogP contribution in [-0.4, -0.2) is 94.7 Å². The zero-order valence-corrected chi connectivity index (χ0v) is 23.5. The van der Waals surface area contributed by atoms with Gasteiger partial charge in [-0.25, -0.2) is 0 Å². The first-order valence-corrected chi connectivity index (χ1v) is 14.4. The largest absolute Gasteiger partial charge is 0.460 e. The zero-order valence-electron chi connectivity index (χ0n) is 23.5. The van der Waals surface area contributed by atoms with Crippen LogP contribution in [0.5, 0.6) is 0 Å². The maximum atomic E-state index is 14.4. The van der Waals surface area contributed by atoms with Crippen LogP contribution in [0.25, 0.3) is 0 Å². The Bertz CT molecular complexity index is 1010. The number of amides is 3. The number of hydrogen-bond acceptors (Lipinski definition) is 7. The highest BCUT2D eigenvalue weighted by molar-refractivity contribution is 5.99. The SMILES string of the molecule is CCCCCN1C/C=C\CCC(=O)NC[C@H](C)OC(=O)[C@@H]2[C@H]3C(=O)N([C@@H](CO)C(C)C)[C@H](C1=O)[C@]31C=C[C@H]2O1. The number of fused-ring (bicyclic) bond motifs is 2. The smallest absolute Gasteiger partial charge is 0.313 e. The first kappa shape index (κ1) is 29.3. The predicted molar refractivity (Wildman–Crippen MR) is 143 cm³/mol. The molecule has 0 unspecified atom stereocenters. The maximum absolute atomic E-state index is 14.4. The molecule has 10 nitrogen and oxygen atoms in total. The van der Waals surface area contributed by atoms with E-state index in [1.807, 2.05) is 26.0 Å². The average Bonchev–Trinajstić information content (AvgIpc) is 3.53. The van der Waals surface area contributed by atoms with Gasteiger partial charge in [0, 0.05) is 19.5 Å². The van der Waals surface area contributed by atoms with Crippen LogP contribution in [0.1, 0.15) is 59.8 Å². The van der Waals surface area contributed by atoms with Crippen LogP contribution in [0, 0.1) is 17.8 Å². The molecule has 0 aliphatic carbocycles. The molecule has 2 saturated heterocycles. The number of esters is 1. The number of aliphatic hydroxyl groups excluding tert-OH is 1. The molecule has 3 amide bonds. The lowest BCUT2D eigenvalue weighted by molar-refractivity contribution is -0.159. The second-order valence-electron chi connectivity index (χ2n) is 11.5. The van der Waals surface area contributed by atoms with Crippen molar-refractivity contribution in [3.63, 3.8) is 0 Å². The van der Waals surface area contributed by atoms with Gasteiger partial charge in [0.15, 0.2) is 0 Å². The van der Waals surface area contributed by atoms with Crippen molar-refractivity contribution in [2.45, 2.75) is 89.7 Å². The summed E-state index contributed by atoms with van der Waals surface area (Å²) in [5.41, 5.74) is -1.32. The Kier molecular flexibility index (Phi) is 9.16. The summed E-state index contributed by atoms with van der Waals surface area (Å²) in [4.78, 5) is 57.5. The minimum Gasteiger partial charge on any atom is -0.460 e. The number of rotatable bonds is 7. The summed E-state index contributed by atoms with van der Waals surface area (Å²) in [5.74, 6) is -3.37. The molecule has 4 aliphatic rings. The van der Waals surface area contributed by atoms with Crippen LogP contribution in [0.15, 0.2) is 24.3 Å². The molecule has 0 saturated carbocycles. The Morgan fingerprint density at radius 2 is 1.92 bits per heavy atom. The third-order valence-corrected chi connectivity index (χ3v) is 8.41. The van der Waals surface area contributed by atoms with Gasteiger partial charge in [0.1, 0.15) is 23.7 Å². The fourth-order valence-electron chi connectivity index (χ4n) is 6.35. The van der Waals surface area contributed by atoms with Crippen molar-refractivity contribution in [1.29, 1.82) is 0 Å². The van der Waals surface area contributed by atoms with E-state index in [4.69, 9.17) is 9.47 Å². The van der Waals surface area contributed by atoms with Gasteiger partial charge in [-0.05, 0) is 25.7 Å². The van der Waals surface area contributed by atoms with Crippen molar-refractivity contribution < 1.29 is 33.8 Å². The number of cyclic esters (lactones) is 1. The molecule has 5 bridgehead atoms. The first-order chi connectivity index (χ1) is 18.7. The molecule has 2 N–H and O–H groups in total. The van der Waals surface area contributed by atoms with Crippen LogP contribution < -0.4 is 5.32 Å². The molecule has 4 heterocycles. The van der Waals surface area contributed by atoms with Gasteiger partial charge in [-0.3, -0.25) is 19.2 Å². The van der Waals surface area contributed by atoms with E-state index in [1.165, 1.54) is 4.90 Å². The molecule has 216 valence electrons. The van der Waals surface area contributed by atoms with Gasteiger partial charge < -0.3 is 29.7 Å². The number of hydrogen-bond donors (Lipinski definition) is 2. The second-order valence-corrected chi connectivity index (χ2v) is 11.5. The molecule has 0 aromatic rings. The number of allylic oxidation sites excluding steroid dienone is 1. The Morgan fingerprint density at radius 1 is 1.15 bits per heavy atom. The van der Waals surface area contributed by atoms with E-state index in [0.29, 0.717) is 19.5 Å². The molecule has 7 atom stereocenters. The monoisotopic (exact) mass is 545 g/mol. The first-order valence-electron chi connectivity index (χ1n) is 14.4. The summed E-state index contributed by atoms with van der Waals surface area (Å²) in [6.45, 7) is 8.25. The molecule has 0 radical (unpaired) electrons. The number of carbonyl (C=O) groups excluding carboxylic acids is 4. The third kappa shape index (κ3) is 5.50. The van der Waals surface area contributed by atoms with Crippen molar-refractivity contribution in [3.8, 4) is 0 Å². The second kappa shape index (κ2) is 12.2. The Hall–Kier alpha value is -2.72. The van der Waals surface area contributed by atoms with E-state index >= 15 is 0 Å². The van der Waals surface area contributed by atoms with Crippen molar-refractivity contribution in [2.24, 2.45) is 17.8 Å². The Morgan fingerprint density at radius 3 is 2.62 bits per heavy atom. The van der Waals surface area contributed by atoms with E-state index in [0.717, 1.165) is 19.3 Å². The molecule has 39 heavy (non-hydrogen) atoms. The minimum atomic E-state index is -1.32. The van der Waals surface area contributed by atoms with Crippen LogP contribution in [-0.2, 0) is 28.7 Å². The van der Waals surface area contributed by atoms with E-state index in [2.05, 4.69) is 12.2 Å². The van der Waals surface area contributed by atoms with Gasteiger partial charge in [-0.15, -0.1) is 0 Å². The molecule has 4 rings (SSSR count). The number of unbranched alkanes of at least 4 members (excludes halogenated alkanes) is 2. The predicted octanol–water partition coefficient (Wildman–Crippen LogP) is 1.57. The van der Waals surface area contributed by atoms with Crippen LogP contribution in [0.3, 0.4) is 0 Å². The lowest BCUT2D eigenvalue weighted by atomic mass is 9.74. The van der Waals surface area contributed by atoms with Gasteiger partial charge in [0.2, 0.25) is 17.7 Å². The molecule has 2 fully saturated rings. The van der Waals surface area contributed by atoms with Gasteiger partial charge in [-0.2, -0.15) is 0 Å². The lowest BCUT2D eigenvalue weighted by Gasteiger charge is -2.40. The zero-order chi connectivity index (χ0) is 28.3. The normalized spacial score (nSPS) is 34.9. The summed E-state index contributed by atoms with van der Waals surface area (Å²) < 4.78 is 12.1. The number of aliphatic hydroxyl groups is 1. The highest BCUT2D eigenvalue weighted by Gasteiger charge is 2.74. The Labute approximate surface area is 230 Å². The van der Waals surface area contributed by atoms with Crippen molar-refractivity contribution >= 4 is 23.7 Å². The molecule has 0 aromatic heterocycles. The minimum absolute atomic E-state index is 0.133. The quantitative estimate of drug-likeness (QED) is 0.283. The van der Waals surface area contributed by atoms with Crippen molar-refractivity contribution in [3.05, 3.63) is 24.3 Å². The molecular weight excluding hydrogens is 502 g/mol. The Balaban J connectivity index is 1.78. The van der Waals surface area contributed by atoms with Crippen LogP contribution >= 0.6 is 0 Å². The standard InChI is InChI=1S/C29H43N3O7/c1-5-6-9-14-31-15-10-7-8-11-22(34)30-16-19(4)38-28(37)23-21-12-13-29(39-21)24(23)26(35)32(25(29)27(31)36)20(17-33)18(2)3/h7,10,12-13,18-21,23-25,33H,5-6,8-9,11,14-17H2,1-4H3,(H,30,34)/b10-7-/t19-,20-,21+,23-,24-,25+,29-/m0/s1. The van der Waals surface area contributed by atoms with E-state index in [-0.39, 0.29) is 43.2 Å². The van der Waals surface area contributed by atoms with Crippen LogP contribution in [0.4, 0.5) is 0 Å². The fraction of sp³-hybridized carbons (Fsp3) is 0.724. The number of carbonyl (C=O) groups is 4. The average molecular weight is 546 g/mol. The summed E-state index contributed by atoms with van der Waals surface area (Å²) in [6, 6.07) is -1.63. The highest BCUT2D eigenvalue weighted by atomic mass is 16.6. The summed E-state index contributed by atoms with van der Waals surface area (Å²) in [7, 11) is 0. The maximum Gasteiger partial charge on any atom is 0.313 e. The third-order valence-electron chi connectivity index (χ3n) is 8.41. The summed E-state index contributed by atoms with van der Waals surface area (Å²) in [5, 5.41) is 13.2. The summed E-state index contributed by atoms with van der Waals surface area (Å²) in [6.07, 6.45) is 9.54. The van der Waals surface area contributed by atoms with E-state index < -0.39 is 47.7 Å². The molecular formula is C29H43N3O7. The van der Waals surface area contributed by atoms with E-state index in [9.17, 15) is 24.3 Å². The molecule has 4 aliphatic heterocycles. The van der Waals surface area contributed by atoms with Gasteiger partial charge in [-0.1, -0.05) is 57.9 Å². The lowest BCUT2D eigenvalue weighted by Crippen LogP contribution is -2.59. The molecule has 10 heteroatoms. The van der Waals surface area contributed by atoms with Gasteiger partial charge >= 0.3 is 5.97 Å². The number of likely N-dealkylation sites (tertiary alicyclic amines) is 1. The van der Waals surface area contributed by atoms with E-state index in [1.54, 1.807) is 24.0 Å². The fourth-order valence-corrected chi connectivity index (χ4v) is 6.35. The van der Waals surface area contributed by atoms with Gasteiger partial charge in [0.25, 0.3) is 0 Å². The molecule has 1 spiro atoms. The molecule has 0 aromatic carbocycles. The topological polar surface area (TPSA) is 125 Å². The number of nitrogens with one attached hydrogen (secondary N) is 1. The highest BCUT2D eigenvalue weighted by Crippen LogP contribution is 2.56. The van der Waals surface area contributed by atoms with Crippen molar-refractivity contribution in [2.75, 3.05) is 26.2 Å². The number of ether oxygens (including phenoxy) is 2. The van der Waals surface area contributed by atoms with Gasteiger partial charge in [0.05, 0.1) is 31.2 Å². The van der Waals surface area contributed by atoms with Crippen molar-refractivity contribution in [1.82, 2.24) is 15.1 Å².